The Labute approximate surface area is 212 Å². The first-order valence-corrected chi connectivity index (χ1v) is 12.3. The van der Waals surface area contributed by atoms with Crippen LogP contribution in [0.15, 0.2) is 43.0 Å². The van der Waals surface area contributed by atoms with Gasteiger partial charge in [-0.2, -0.15) is 0 Å². The molecule has 7 nitrogen and oxygen atoms in total. The maximum Gasteiger partial charge on any atom is 0.250 e. The molecule has 4 rings (SSSR count). The molecule has 1 aliphatic carbocycles. The van der Waals surface area contributed by atoms with Crippen molar-refractivity contribution in [2.45, 2.75) is 39.0 Å². The van der Waals surface area contributed by atoms with Gasteiger partial charge in [-0.25, -0.2) is 0 Å². The number of likely N-dealkylation sites (N-methyl/N-ethyl adjacent to an activating group) is 1. The summed E-state index contributed by atoms with van der Waals surface area (Å²) in [7, 11) is 5.33. The number of hydrogen-bond donors (Lipinski definition) is 2. The summed E-state index contributed by atoms with van der Waals surface area (Å²) in [5.74, 6) is -0.143. The van der Waals surface area contributed by atoms with Crippen LogP contribution >= 0.6 is 0 Å². The van der Waals surface area contributed by atoms with Crippen LogP contribution in [-0.2, 0) is 33.6 Å². The third-order valence-electron chi connectivity index (χ3n) is 7.32. The highest BCUT2D eigenvalue weighted by Gasteiger charge is 2.27. The van der Waals surface area contributed by atoms with Crippen LogP contribution in [0.2, 0.25) is 0 Å². The van der Waals surface area contributed by atoms with E-state index in [1.807, 2.05) is 25.1 Å². The minimum absolute atomic E-state index is 0.139. The lowest BCUT2D eigenvalue weighted by Crippen LogP contribution is -2.26. The van der Waals surface area contributed by atoms with E-state index in [1.165, 1.54) is 11.6 Å². The molecule has 1 aliphatic rings. The van der Waals surface area contributed by atoms with E-state index in [0.29, 0.717) is 6.42 Å². The lowest BCUT2D eigenvalue weighted by atomic mass is 9.83. The van der Waals surface area contributed by atoms with Gasteiger partial charge < -0.3 is 20.5 Å². The Balaban J connectivity index is 1.86. The van der Waals surface area contributed by atoms with Gasteiger partial charge in [0.25, 0.3) is 0 Å². The molecule has 3 amide bonds. The third-order valence-corrected chi connectivity index (χ3v) is 7.32. The van der Waals surface area contributed by atoms with E-state index in [4.69, 9.17) is 5.73 Å². The Kier molecular flexibility index (Phi) is 7.02. The van der Waals surface area contributed by atoms with Crippen LogP contribution in [0.4, 0.5) is 5.69 Å². The number of nitrogens with two attached hydrogens (primary N) is 1. The van der Waals surface area contributed by atoms with Crippen LogP contribution < -0.4 is 10.6 Å². The molecule has 3 N–H and O–H groups in total. The van der Waals surface area contributed by atoms with Gasteiger partial charge in [0.05, 0.1) is 11.9 Å². The number of aromatic nitrogens is 1. The van der Waals surface area contributed by atoms with E-state index >= 15 is 0 Å². The summed E-state index contributed by atoms with van der Waals surface area (Å²) in [4.78, 5) is 43.3. The molecule has 36 heavy (non-hydrogen) atoms. The minimum atomic E-state index is -0.381. The molecule has 0 spiro atoms. The monoisotopic (exact) mass is 486 g/mol. The number of carbonyl (C=O) groups is 3. The molecule has 0 radical (unpaired) electrons. The second kappa shape index (κ2) is 10.0. The molecule has 188 valence electrons. The van der Waals surface area contributed by atoms with E-state index in [9.17, 15) is 14.4 Å². The van der Waals surface area contributed by atoms with Gasteiger partial charge >= 0.3 is 0 Å². The quantitative estimate of drug-likeness (QED) is 0.496. The van der Waals surface area contributed by atoms with Crippen molar-refractivity contribution in [3.63, 3.8) is 0 Å². The lowest BCUT2D eigenvalue weighted by Gasteiger charge is -2.24. The number of primary amides is 1. The fourth-order valence-corrected chi connectivity index (χ4v) is 5.37. The summed E-state index contributed by atoms with van der Waals surface area (Å²) < 4.78 is 0. The van der Waals surface area contributed by atoms with Gasteiger partial charge in [0.1, 0.15) is 0 Å². The largest absolute Gasteiger partial charge is 0.369 e. The topological polar surface area (TPSA) is 99.5 Å². The van der Waals surface area contributed by atoms with Crippen molar-refractivity contribution in [2.75, 3.05) is 26.0 Å². The van der Waals surface area contributed by atoms with Gasteiger partial charge in [-0.1, -0.05) is 30.8 Å². The summed E-state index contributed by atoms with van der Waals surface area (Å²) in [6, 6.07) is 9.96. The second-order valence-corrected chi connectivity index (χ2v) is 9.90. The first kappa shape index (κ1) is 25.2. The molecule has 1 aromatic heterocycles. The van der Waals surface area contributed by atoms with E-state index in [1.54, 1.807) is 30.9 Å². The summed E-state index contributed by atoms with van der Waals surface area (Å²) in [6.07, 6.45) is 4.54. The predicted octanol–water partition coefficient (Wildman–Crippen LogP) is 3.90. The van der Waals surface area contributed by atoms with E-state index in [-0.39, 0.29) is 30.1 Å². The molecule has 7 heteroatoms. The molecule has 1 atom stereocenters. The molecular formula is C29H34N4O3. The molecule has 0 bridgehead atoms. The van der Waals surface area contributed by atoms with Gasteiger partial charge in [0.15, 0.2) is 0 Å². The van der Waals surface area contributed by atoms with E-state index in [2.05, 4.69) is 23.7 Å². The number of carbonyl (C=O) groups excluding carboxylic acids is 3. The number of anilines is 1. The molecule has 0 saturated carbocycles. The SMILES string of the molecule is C=CC(=O)N(C)c1cccc(-c2ccc(CC(N)=O)c3[nH]c4c(c23)CCC(CC(=O)N(C)C)C4)c1C. The molecule has 3 aromatic rings. The predicted molar refractivity (Wildman–Crippen MR) is 144 cm³/mol. The van der Waals surface area contributed by atoms with Crippen molar-refractivity contribution in [1.82, 2.24) is 9.88 Å². The van der Waals surface area contributed by atoms with Crippen molar-refractivity contribution >= 4 is 34.3 Å². The van der Waals surface area contributed by atoms with Crippen LogP contribution in [0.1, 0.15) is 35.2 Å². The van der Waals surface area contributed by atoms with Crippen molar-refractivity contribution in [2.24, 2.45) is 11.7 Å². The number of nitrogens with one attached hydrogen (secondary N) is 1. The fraction of sp³-hybridized carbons (Fsp3) is 0.345. The minimum Gasteiger partial charge on any atom is -0.369 e. The number of rotatable bonds is 7. The Morgan fingerprint density at radius 2 is 1.89 bits per heavy atom. The summed E-state index contributed by atoms with van der Waals surface area (Å²) in [5.41, 5.74) is 13.6. The Bertz CT molecular complexity index is 1370. The van der Waals surface area contributed by atoms with Crippen LogP contribution in [0.25, 0.3) is 22.0 Å². The van der Waals surface area contributed by atoms with Crippen molar-refractivity contribution in [3.8, 4) is 11.1 Å². The fourth-order valence-electron chi connectivity index (χ4n) is 5.37. The van der Waals surface area contributed by atoms with Crippen LogP contribution in [0.5, 0.6) is 0 Å². The van der Waals surface area contributed by atoms with Gasteiger partial charge in [-0.15, -0.1) is 0 Å². The zero-order valence-electron chi connectivity index (χ0n) is 21.5. The average Bonchev–Trinajstić information content (AvgIpc) is 3.22. The molecule has 2 aromatic carbocycles. The Morgan fingerprint density at radius 1 is 1.14 bits per heavy atom. The Morgan fingerprint density at radius 3 is 2.56 bits per heavy atom. The smallest absolute Gasteiger partial charge is 0.250 e. The summed E-state index contributed by atoms with van der Waals surface area (Å²) in [5, 5.41) is 1.10. The van der Waals surface area contributed by atoms with Crippen molar-refractivity contribution in [3.05, 3.63) is 65.4 Å². The van der Waals surface area contributed by atoms with Gasteiger partial charge in [-0.3, -0.25) is 14.4 Å². The molecule has 1 heterocycles. The third kappa shape index (κ3) is 4.65. The number of amides is 3. The number of aromatic amines is 1. The summed E-state index contributed by atoms with van der Waals surface area (Å²) >= 11 is 0. The van der Waals surface area contributed by atoms with E-state index < -0.39 is 0 Å². The molecular weight excluding hydrogens is 452 g/mol. The normalized spacial score (nSPS) is 14.8. The highest BCUT2D eigenvalue weighted by atomic mass is 16.2. The highest BCUT2D eigenvalue weighted by Crippen LogP contribution is 2.41. The number of benzene rings is 2. The molecule has 0 aliphatic heterocycles. The lowest BCUT2D eigenvalue weighted by molar-refractivity contribution is -0.129. The molecule has 0 saturated heterocycles. The molecule has 0 fully saturated rings. The van der Waals surface area contributed by atoms with Crippen LogP contribution in [0, 0.1) is 12.8 Å². The summed E-state index contributed by atoms with van der Waals surface area (Å²) in [6.45, 7) is 5.63. The van der Waals surface area contributed by atoms with Gasteiger partial charge in [-0.05, 0) is 72.1 Å². The maximum atomic E-state index is 12.3. The second-order valence-electron chi connectivity index (χ2n) is 9.90. The zero-order chi connectivity index (χ0) is 26.1. The number of nitrogens with zero attached hydrogens (tertiary/aromatic N) is 2. The first-order chi connectivity index (χ1) is 17.1. The number of fused-ring (bicyclic) bond motifs is 3. The number of aryl methyl sites for hydroxylation is 1. The van der Waals surface area contributed by atoms with Crippen molar-refractivity contribution < 1.29 is 14.4 Å². The van der Waals surface area contributed by atoms with Crippen LogP contribution in [0.3, 0.4) is 0 Å². The van der Waals surface area contributed by atoms with Crippen LogP contribution in [-0.4, -0.2) is 48.7 Å². The van der Waals surface area contributed by atoms with Gasteiger partial charge in [0.2, 0.25) is 17.7 Å². The maximum absolute atomic E-state index is 12.3. The standard InChI is InChI=1S/C29H34N4O3/c1-6-26(35)33(5)24-9-7-8-20(17(24)2)21-13-11-19(16-25(30)34)29-28(21)22-12-10-18(14-23(22)31-29)15-27(36)32(3)4/h6-9,11,13,18,31H,1,10,12,14-16H2,2-5H3,(H2,30,34). The van der Waals surface area contributed by atoms with E-state index in [0.717, 1.165) is 63.8 Å². The van der Waals surface area contributed by atoms with Gasteiger partial charge in [0, 0.05) is 44.3 Å². The zero-order valence-corrected chi connectivity index (χ0v) is 21.5. The first-order valence-electron chi connectivity index (χ1n) is 12.3. The average molecular weight is 487 g/mol. The number of hydrogen-bond acceptors (Lipinski definition) is 3. The Hall–Kier alpha value is -3.87. The van der Waals surface area contributed by atoms with Crippen molar-refractivity contribution in [1.29, 1.82) is 0 Å². The highest BCUT2D eigenvalue weighted by molar-refractivity contribution is 6.05. The molecule has 1 unspecified atom stereocenters. The number of H-pyrrole nitrogens is 1.